The lowest BCUT2D eigenvalue weighted by Gasteiger charge is -2.23. The maximum absolute atomic E-state index is 11.6. The van der Waals surface area contributed by atoms with Gasteiger partial charge >= 0.3 is 5.97 Å². The van der Waals surface area contributed by atoms with E-state index in [9.17, 15) is 4.79 Å². The van der Waals surface area contributed by atoms with E-state index in [0.717, 1.165) is 12.8 Å². The van der Waals surface area contributed by atoms with Gasteiger partial charge in [0.1, 0.15) is 6.04 Å². The van der Waals surface area contributed by atoms with Gasteiger partial charge in [0, 0.05) is 6.04 Å². The largest absolute Gasteiger partial charge is 0.468 e. The van der Waals surface area contributed by atoms with E-state index < -0.39 is 0 Å². The van der Waals surface area contributed by atoms with Crippen LogP contribution in [0.25, 0.3) is 0 Å². The molecule has 0 rings (SSSR count). The highest BCUT2D eigenvalue weighted by Crippen LogP contribution is 2.11. The summed E-state index contributed by atoms with van der Waals surface area (Å²) in [6.45, 7) is 10.8. The summed E-state index contributed by atoms with van der Waals surface area (Å²) in [5, 5.41) is 3.38. The van der Waals surface area contributed by atoms with Crippen molar-refractivity contribution < 1.29 is 9.53 Å². The maximum atomic E-state index is 11.6. The number of hydrogen-bond donors (Lipinski definition) is 1. The predicted octanol–water partition coefficient (Wildman–Crippen LogP) is 2.99. The van der Waals surface area contributed by atoms with Crippen molar-refractivity contribution >= 4 is 5.97 Å². The number of carbonyl (C=O) groups is 1. The fraction of sp³-hybridized carbons (Fsp3) is 0.929. The van der Waals surface area contributed by atoms with Crippen LogP contribution in [0.2, 0.25) is 0 Å². The minimum absolute atomic E-state index is 0.143. The minimum atomic E-state index is -0.165. The summed E-state index contributed by atoms with van der Waals surface area (Å²) in [6.07, 6.45) is 3.12. The van der Waals surface area contributed by atoms with Gasteiger partial charge in [-0.25, -0.2) is 0 Å². The number of hydrogen-bond acceptors (Lipinski definition) is 3. The Morgan fingerprint density at radius 3 is 2.06 bits per heavy atom. The third-order valence-corrected chi connectivity index (χ3v) is 2.86. The average Bonchev–Trinajstić information content (AvgIpc) is 2.23. The Morgan fingerprint density at radius 1 is 1.06 bits per heavy atom. The van der Waals surface area contributed by atoms with Gasteiger partial charge in [-0.15, -0.1) is 0 Å². The van der Waals surface area contributed by atoms with Gasteiger partial charge < -0.3 is 10.1 Å². The van der Waals surface area contributed by atoms with Crippen molar-refractivity contribution in [3.05, 3.63) is 0 Å². The Balaban J connectivity index is 4.17. The van der Waals surface area contributed by atoms with E-state index in [0.29, 0.717) is 17.9 Å². The Bertz CT molecular complexity index is 214. The van der Waals surface area contributed by atoms with E-state index in [-0.39, 0.29) is 12.0 Å². The van der Waals surface area contributed by atoms with Crippen LogP contribution in [0.3, 0.4) is 0 Å². The topological polar surface area (TPSA) is 38.3 Å². The number of rotatable bonds is 8. The first-order valence-corrected chi connectivity index (χ1v) is 6.70. The van der Waals surface area contributed by atoms with Gasteiger partial charge in [0.15, 0.2) is 0 Å². The molecule has 2 atom stereocenters. The molecule has 3 nitrogen and oxygen atoms in total. The summed E-state index contributed by atoms with van der Waals surface area (Å²) in [5.41, 5.74) is 0. The Kier molecular flexibility index (Phi) is 8.23. The number of ether oxygens (including phenoxy) is 1. The van der Waals surface area contributed by atoms with Gasteiger partial charge in [-0.2, -0.15) is 0 Å². The number of carbonyl (C=O) groups excluding carboxylic acids is 1. The van der Waals surface area contributed by atoms with E-state index in [2.05, 4.69) is 39.9 Å². The lowest BCUT2D eigenvalue weighted by atomic mass is 10.0. The lowest BCUT2D eigenvalue weighted by molar-refractivity contribution is -0.143. The molecule has 0 fully saturated rings. The second kappa shape index (κ2) is 8.51. The first kappa shape index (κ1) is 16.4. The molecule has 0 aromatic carbocycles. The van der Waals surface area contributed by atoms with E-state index in [1.807, 2.05) is 0 Å². The van der Waals surface area contributed by atoms with Crippen LogP contribution in [0.4, 0.5) is 0 Å². The smallest absolute Gasteiger partial charge is 0.322 e. The van der Waals surface area contributed by atoms with Gasteiger partial charge in [0.25, 0.3) is 0 Å². The summed E-state index contributed by atoms with van der Waals surface area (Å²) in [5.74, 6) is 1.06. The highest BCUT2D eigenvalue weighted by atomic mass is 16.5. The molecular formula is C14H29NO2. The van der Waals surface area contributed by atoms with Crippen LogP contribution in [0.5, 0.6) is 0 Å². The molecule has 0 aromatic heterocycles. The van der Waals surface area contributed by atoms with Gasteiger partial charge in [-0.3, -0.25) is 4.79 Å². The molecule has 1 N–H and O–H groups in total. The molecule has 0 heterocycles. The quantitative estimate of drug-likeness (QED) is 0.666. The third-order valence-electron chi connectivity index (χ3n) is 2.86. The molecule has 3 heteroatoms. The molecule has 102 valence electrons. The van der Waals surface area contributed by atoms with Crippen molar-refractivity contribution in [1.29, 1.82) is 0 Å². The minimum Gasteiger partial charge on any atom is -0.468 e. The standard InChI is InChI=1S/C14H29NO2/c1-10(2)7-8-12(5)15-13(9-11(3)4)14(16)17-6/h10-13,15H,7-9H2,1-6H3. The van der Waals surface area contributed by atoms with E-state index in [1.54, 1.807) is 0 Å². The summed E-state index contributed by atoms with van der Waals surface area (Å²) in [6, 6.07) is 0.197. The molecule has 0 aromatic rings. The van der Waals surface area contributed by atoms with E-state index in [4.69, 9.17) is 4.74 Å². The monoisotopic (exact) mass is 243 g/mol. The SMILES string of the molecule is COC(=O)C(CC(C)C)NC(C)CCC(C)C. The summed E-state index contributed by atoms with van der Waals surface area (Å²) in [4.78, 5) is 11.6. The molecule has 0 spiro atoms. The molecule has 17 heavy (non-hydrogen) atoms. The molecule has 0 saturated carbocycles. The maximum Gasteiger partial charge on any atom is 0.322 e. The highest BCUT2D eigenvalue weighted by Gasteiger charge is 2.21. The average molecular weight is 243 g/mol. The molecule has 0 aliphatic carbocycles. The van der Waals surface area contributed by atoms with Crippen molar-refractivity contribution in [2.45, 2.75) is 66.0 Å². The van der Waals surface area contributed by atoms with Crippen molar-refractivity contribution in [1.82, 2.24) is 5.32 Å². The van der Waals surface area contributed by atoms with Crippen LogP contribution in [0.1, 0.15) is 53.9 Å². The summed E-state index contributed by atoms with van der Waals surface area (Å²) < 4.78 is 4.84. The Morgan fingerprint density at radius 2 is 1.65 bits per heavy atom. The van der Waals surface area contributed by atoms with Crippen molar-refractivity contribution in [3.63, 3.8) is 0 Å². The first-order chi connectivity index (χ1) is 7.86. The van der Waals surface area contributed by atoms with Crippen LogP contribution in [-0.2, 0) is 9.53 Å². The zero-order valence-corrected chi connectivity index (χ0v) is 12.2. The van der Waals surface area contributed by atoms with Gasteiger partial charge in [0.05, 0.1) is 7.11 Å². The van der Waals surface area contributed by atoms with E-state index >= 15 is 0 Å². The van der Waals surface area contributed by atoms with Gasteiger partial charge in [0.2, 0.25) is 0 Å². The molecule has 0 aliphatic heterocycles. The van der Waals surface area contributed by atoms with Crippen molar-refractivity contribution in [3.8, 4) is 0 Å². The zero-order chi connectivity index (χ0) is 13.4. The summed E-state index contributed by atoms with van der Waals surface area (Å²) in [7, 11) is 1.45. The first-order valence-electron chi connectivity index (χ1n) is 6.70. The normalized spacial score (nSPS) is 15.1. The molecule has 0 radical (unpaired) electrons. The van der Waals surface area contributed by atoms with Crippen molar-refractivity contribution in [2.75, 3.05) is 7.11 Å². The van der Waals surface area contributed by atoms with Crippen molar-refractivity contribution in [2.24, 2.45) is 11.8 Å². The van der Waals surface area contributed by atoms with Crippen LogP contribution >= 0.6 is 0 Å². The highest BCUT2D eigenvalue weighted by molar-refractivity contribution is 5.75. The molecule has 0 aliphatic rings. The molecular weight excluding hydrogens is 214 g/mol. The van der Waals surface area contributed by atoms with Crippen LogP contribution in [0, 0.1) is 11.8 Å². The molecule has 0 amide bonds. The van der Waals surface area contributed by atoms with Crippen LogP contribution in [0.15, 0.2) is 0 Å². The second-order valence-electron chi connectivity index (χ2n) is 5.74. The Hall–Kier alpha value is -0.570. The lowest BCUT2D eigenvalue weighted by Crippen LogP contribution is -2.43. The Labute approximate surface area is 106 Å². The summed E-state index contributed by atoms with van der Waals surface area (Å²) >= 11 is 0. The zero-order valence-electron chi connectivity index (χ0n) is 12.2. The van der Waals surface area contributed by atoms with E-state index in [1.165, 1.54) is 13.5 Å². The fourth-order valence-corrected chi connectivity index (χ4v) is 1.86. The predicted molar refractivity (Wildman–Crippen MR) is 71.9 cm³/mol. The number of esters is 1. The number of methoxy groups -OCH3 is 1. The van der Waals surface area contributed by atoms with Gasteiger partial charge in [-0.05, 0) is 38.0 Å². The second-order valence-corrected chi connectivity index (χ2v) is 5.74. The molecule has 0 bridgehead atoms. The third kappa shape index (κ3) is 8.19. The molecule has 2 unspecified atom stereocenters. The van der Waals surface area contributed by atoms with Crippen LogP contribution < -0.4 is 5.32 Å². The molecule has 0 saturated heterocycles. The fourth-order valence-electron chi connectivity index (χ4n) is 1.86. The van der Waals surface area contributed by atoms with Gasteiger partial charge in [-0.1, -0.05) is 27.7 Å². The van der Waals surface area contributed by atoms with Crippen LogP contribution in [-0.4, -0.2) is 25.2 Å². The number of nitrogens with one attached hydrogen (secondary N) is 1.